The Kier molecular flexibility index (Phi) is 6.50. The molecule has 2 amide bonds. The number of carbonyl (C=O) groups is 2. The van der Waals surface area contributed by atoms with E-state index in [9.17, 15) is 9.59 Å². The maximum Gasteiger partial charge on any atom is 0.253 e. The fourth-order valence-corrected chi connectivity index (χ4v) is 4.65. The van der Waals surface area contributed by atoms with E-state index in [1.165, 1.54) is 4.88 Å². The van der Waals surface area contributed by atoms with Crippen LogP contribution in [0.1, 0.15) is 28.8 Å². The Hall–Kier alpha value is -2.63. The van der Waals surface area contributed by atoms with Crippen molar-refractivity contribution in [3.05, 3.63) is 82.2 Å². The number of halogens is 1. The van der Waals surface area contributed by atoms with Gasteiger partial charge in [-0.2, -0.15) is 0 Å². The molecule has 3 aromatic rings. The first-order valence-electron chi connectivity index (χ1n) is 10.1. The van der Waals surface area contributed by atoms with Crippen LogP contribution >= 0.6 is 22.9 Å². The third-order valence-electron chi connectivity index (χ3n) is 5.50. The van der Waals surface area contributed by atoms with Crippen molar-refractivity contribution in [2.75, 3.05) is 13.1 Å². The second-order valence-corrected chi connectivity index (χ2v) is 8.79. The predicted molar refractivity (Wildman–Crippen MR) is 122 cm³/mol. The summed E-state index contributed by atoms with van der Waals surface area (Å²) < 4.78 is 0. The minimum Gasteiger partial charge on any atom is -0.352 e. The van der Waals surface area contributed by atoms with Crippen molar-refractivity contribution in [3.8, 4) is 10.4 Å². The molecule has 0 unspecified atom stereocenters. The highest BCUT2D eigenvalue weighted by Gasteiger charge is 2.27. The van der Waals surface area contributed by atoms with E-state index < -0.39 is 0 Å². The Labute approximate surface area is 185 Å². The van der Waals surface area contributed by atoms with Crippen LogP contribution in [-0.2, 0) is 11.3 Å². The van der Waals surface area contributed by atoms with Crippen LogP contribution in [0.25, 0.3) is 10.4 Å². The third-order valence-corrected chi connectivity index (χ3v) is 6.79. The number of carbonyl (C=O) groups excluding carboxylic acids is 2. The van der Waals surface area contributed by atoms with E-state index in [1.54, 1.807) is 11.3 Å². The van der Waals surface area contributed by atoms with Crippen LogP contribution in [0.5, 0.6) is 0 Å². The zero-order chi connectivity index (χ0) is 20.9. The second kappa shape index (κ2) is 9.45. The number of nitrogens with zero attached hydrogens (tertiary/aromatic N) is 1. The Bertz CT molecular complexity index is 1010. The first-order chi connectivity index (χ1) is 14.6. The largest absolute Gasteiger partial charge is 0.352 e. The van der Waals surface area contributed by atoms with Crippen molar-refractivity contribution in [2.45, 2.75) is 19.4 Å². The number of thiophene rings is 1. The van der Waals surface area contributed by atoms with E-state index >= 15 is 0 Å². The molecule has 1 aliphatic heterocycles. The Morgan fingerprint density at radius 2 is 1.73 bits per heavy atom. The number of likely N-dealkylation sites (tertiary alicyclic amines) is 1. The van der Waals surface area contributed by atoms with Crippen LogP contribution in [0.15, 0.2) is 66.0 Å². The van der Waals surface area contributed by atoms with E-state index in [1.807, 2.05) is 64.9 Å². The van der Waals surface area contributed by atoms with Crippen LogP contribution in [0.2, 0.25) is 5.02 Å². The van der Waals surface area contributed by atoms with Gasteiger partial charge in [-0.25, -0.2) is 0 Å². The molecule has 154 valence electrons. The number of rotatable bonds is 5. The smallest absolute Gasteiger partial charge is 0.253 e. The lowest BCUT2D eigenvalue weighted by molar-refractivity contribution is -0.126. The summed E-state index contributed by atoms with van der Waals surface area (Å²) in [4.78, 5) is 28.4. The topological polar surface area (TPSA) is 49.4 Å². The molecular weight excluding hydrogens is 416 g/mol. The average molecular weight is 439 g/mol. The lowest BCUT2D eigenvalue weighted by Crippen LogP contribution is -2.42. The summed E-state index contributed by atoms with van der Waals surface area (Å²) in [6.45, 7) is 1.61. The van der Waals surface area contributed by atoms with Crippen molar-refractivity contribution < 1.29 is 9.59 Å². The number of hydrogen-bond acceptors (Lipinski definition) is 3. The van der Waals surface area contributed by atoms with Gasteiger partial charge in [-0.1, -0.05) is 48.0 Å². The van der Waals surface area contributed by atoms with E-state index in [2.05, 4.69) is 11.4 Å². The molecule has 0 atom stereocenters. The fraction of sp³-hybridized carbons (Fsp3) is 0.250. The van der Waals surface area contributed by atoms with E-state index in [-0.39, 0.29) is 17.7 Å². The zero-order valence-corrected chi connectivity index (χ0v) is 18.1. The molecule has 0 spiro atoms. The number of amides is 2. The molecule has 2 heterocycles. The molecule has 1 aromatic heterocycles. The first-order valence-corrected chi connectivity index (χ1v) is 11.3. The lowest BCUT2D eigenvalue weighted by Gasteiger charge is -2.31. The van der Waals surface area contributed by atoms with Gasteiger partial charge in [0.15, 0.2) is 0 Å². The summed E-state index contributed by atoms with van der Waals surface area (Å²) in [5.74, 6) is -0.0114. The first kappa shape index (κ1) is 20.6. The number of benzene rings is 2. The van der Waals surface area contributed by atoms with Crippen molar-refractivity contribution >= 4 is 34.8 Å². The molecule has 30 heavy (non-hydrogen) atoms. The number of hydrogen-bond donors (Lipinski definition) is 1. The average Bonchev–Trinajstić information content (AvgIpc) is 3.33. The summed E-state index contributed by atoms with van der Waals surface area (Å²) in [7, 11) is 0. The van der Waals surface area contributed by atoms with Gasteiger partial charge in [-0.05, 0) is 53.6 Å². The van der Waals surface area contributed by atoms with Gasteiger partial charge in [-0.15, -0.1) is 11.3 Å². The molecular formula is C24H23ClN2O2S. The van der Waals surface area contributed by atoms with Gasteiger partial charge in [0.25, 0.3) is 5.91 Å². The fourth-order valence-electron chi connectivity index (χ4n) is 3.72. The molecule has 1 N–H and O–H groups in total. The molecule has 4 rings (SSSR count). The third kappa shape index (κ3) is 4.74. The highest BCUT2D eigenvalue weighted by molar-refractivity contribution is 7.13. The molecule has 1 saturated heterocycles. The minimum absolute atomic E-state index is 0.0299. The summed E-state index contributed by atoms with van der Waals surface area (Å²) in [6, 6.07) is 19.4. The van der Waals surface area contributed by atoms with Gasteiger partial charge in [0.2, 0.25) is 5.91 Å². The second-order valence-electron chi connectivity index (χ2n) is 7.43. The van der Waals surface area contributed by atoms with Crippen LogP contribution in [0.4, 0.5) is 0 Å². The highest BCUT2D eigenvalue weighted by Crippen LogP contribution is 2.26. The van der Waals surface area contributed by atoms with Gasteiger partial charge in [0.1, 0.15) is 0 Å². The molecule has 1 aliphatic rings. The van der Waals surface area contributed by atoms with Crippen molar-refractivity contribution in [2.24, 2.45) is 5.92 Å². The predicted octanol–water partition coefficient (Wildman–Crippen LogP) is 5.24. The maximum atomic E-state index is 12.8. The van der Waals surface area contributed by atoms with E-state index in [0.717, 1.165) is 11.1 Å². The molecule has 1 fully saturated rings. The van der Waals surface area contributed by atoms with Gasteiger partial charge in [-0.3, -0.25) is 9.59 Å². The molecule has 2 aromatic carbocycles. The normalized spacial score (nSPS) is 14.5. The SMILES string of the molecule is O=C(NCc1ccccc1Cl)C1CCN(C(=O)c2ccc(-c3cccs3)cc2)CC1. The van der Waals surface area contributed by atoms with Gasteiger partial charge < -0.3 is 10.2 Å². The summed E-state index contributed by atoms with van der Waals surface area (Å²) >= 11 is 7.83. The summed E-state index contributed by atoms with van der Waals surface area (Å²) in [5.41, 5.74) is 2.72. The van der Waals surface area contributed by atoms with Gasteiger partial charge in [0, 0.05) is 41.0 Å². The quantitative estimate of drug-likeness (QED) is 0.592. The van der Waals surface area contributed by atoms with Crippen LogP contribution in [-0.4, -0.2) is 29.8 Å². The molecule has 0 bridgehead atoms. The highest BCUT2D eigenvalue weighted by atomic mass is 35.5. The van der Waals surface area contributed by atoms with Crippen LogP contribution in [0, 0.1) is 5.92 Å². The van der Waals surface area contributed by atoms with E-state index in [0.29, 0.717) is 43.1 Å². The molecule has 6 heteroatoms. The lowest BCUT2D eigenvalue weighted by atomic mass is 9.95. The molecule has 0 radical (unpaired) electrons. The number of nitrogens with one attached hydrogen (secondary N) is 1. The maximum absolute atomic E-state index is 12.8. The zero-order valence-electron chi connectivity index (χ0n) is 16.5. The van der Waals surface area contributed by atoms with Crippen molar-refractivity contribution in [1.82, 2.24) is 10.2 Å². The molecule has 0 aliphatic carbocycles. The standard InChI is InChI=1S/C24H23ClN2O2S/c25-21-5-2-1-4-20(21)16-26-23(28)18-11-13-27(14-12-18)24(29)19-9-7-17(8-10-19)22-6-3-15-30-22/h1-10,15,18H,11-14,16H2,(H,26,28). The van der Waals surface area contributed by atoms with Gasteiger partial charge in [0.05, 0.1) is 0 Å². The van der Waals surface area contributed by atoms with Crippen LogP contribution in [0.3, 0.4) is 0 Å². The Balaban J connectivity index is 1.29. The molecule has 0 saturated carbocycles. The van der Waals surface area contributed by atoms with Crippen molar-refractivity contribution in [3.63, 3.8) is 0 Å². The van der Waals surface area contributed by atoms with Gasteiger partial charge >= 0.3 is 0 Å². The minimum atomic E-state index is -0.0715. The van der Waals surface area contributed by atoms with E-state index in [4.69, 9.17) is 11.6 Å². The monoisotopic (exact) mass is 438 g/mol. The van der Waals surface area contributed by atoms with Crippen LogP contribution < -0.4 is 5.32 Å². The molecule has 4 nitrogen and oxygen atoms in total. The number of piperidine rings is 1. The Morgan fingerprint density at radius 3 is 2.40 bits per heavy atom. The Morgan fingerprint density at radius 1 is 1.00 bits per heavy atom. The summed E-state index contributed by atoms with van der Waals surface area (Å²) in [6.07, 6.45) is 1.35. The summed E-state index contributed by atoms with van der Waals surface area (Å²) in [5, 5.41) is 5.68. The van der Waals surface area contributed by atoms with Crippen molar-refractivity contribution in [1.29, 1.82) is 0 Å².